The van der Waals surface area contributed by atoms with Crippen LogP contribution in [0.15, 0.2) is 41.3 Å². The van der Waals surface area contributed by atoms with Gasteiger partial charge in [0.25, 0.3) is 0 Å². The third kappa shape index (κ3) is 11.9. The summed E-state index contributed by atoms with van der Waals surface area (Å²) in [5.74, 6) is -3.72. The van der Waals surface area contributed by atoms with Gasteiger partial charge in [0.15, 0.2) is 0 Å². The fourth-order valence-electron chi connectivity index (χ4n) is 3.42. The number of halogens is 3. The lowest BCUT2D eigenvalue weighted by atomic mass is 10.1. The molecular formula is C24H31F3N4O8S. The van der Waals surface area contributed by atoms with Crippen molar-refractivity contribution in [3.8, 4) is 5.75 Å². The van der Waals surface area contributed by atoms with E-state index in [1.165, 1.54) is 0 Å². The minimum Gasteiger partial charge on any atom is -0.494 e. The highest BCUT2D eigenvalue weighted by Crippen LogP contribution is 2.22. The number of rotatable bonds is 12. The molecule has 16 heteroatoms. The first-order chi connectivity index (χ1) is 18.4. The minimum absolute atomic E-state index is 0.0244. The average molecular weight is 593 g/mol. The van der Waals surface area contributed by atoms with E-state index < -0.39 is 34.2 Å². The highest BCUT2D eigenvalue weighted by Gasteiger charge is 2.38. The number of benzene rings is 2. The maximum absolute atomic E-state index is 12.9. The number of carboxylic acids is 2. The molecule has 0 fully saturated rings. The Balaban J connectivity index is 0.00000101. The van der Waals surface area contributed by atoms with Crippen LogP contribution in [0.3, 0.4) is 0 Å². The molecule has 0 bridgehead atoms. The fraction of sp³-hybridized carbons (Fsp3) is 0.375. The standard InChI is InChI=1S/C22H30N4O6S.C2HF3O2/c1-14-11-15(2)20(16(3)12-14)33(29,30)26-19(21(27)28)13-17-5-7-18(8-6-17)31-9-4-10-32-25-22(23)24;3-2(4,5)1(6)7/h5-8,11-12,19,26H,4,9-10,13H2,1-3H3,(H,27,28)(H4,23,24,25);(H,6,7)/t19-;/m0./s1. The number of carboxylic acid groups (broad SMARTS) is 2. The van der Waals surface area contributed by atoms with E-state index in [1.54, 1.807) is 50.2 Å². The lowest BCUT2D eigenvalue weighted by Crippen LogP contribution is -2.42. The van der Waals surface area contributed by atoms with Crippen LogP contribution in [0.1, 0.15) is 28.7 Å². The summed E-state index contributed by atoms with van der Waals surface area (Å²) in [5.41, 5.74) is 10.0. The molecule has 0 radical (unpaired) electrons. The molecule has 12 nitrogen and oxygen atoms in total. The first-order valence-electron chi connectivity index (χ1n) is 11.5. The van der Waals surface area contributed by atoms with Gasteiger partial charge >= 0.3 is 18.1 Å². The molecule has 2 aromatic carbocycles. The summed E-state index contributed by atoms with van der Waals surface area (Å²) in [6.07, 6.45) is -4.55. The van der Waals surface area contributed by atoms with E-state index in [0.29, 0.717) is 42.1 Å². The van der Waals surface area contributed by atoms with Crippen molar-refractivity contribution in [2.24, 2.45) is 5.73 Å². The van der Waals surface area contributed by atoms with Gasteiger partial charge in [0, 0.05) is 6.42 Å². The van der Waals surface area contributed by atoms with Gasteiger partial charge in [-0.05, 0) is 56.0 Å². The first-order valence-corrected chi connectivity index (χ1v) is 13.0. The molecule has 0 saturated carbocycles. The lowest BCUT2D eigenvalue weighted by Gasteiger charge is -2.18. The van der Waals surface area contributed by atoms with Crippen LogP contribution >= 0.6 is 0 Å². The second-order valence-electron chi connectivity index (χ2n) is 8.46. The number of hydroxylamine groups is 1. The minimum atomic E-state index is -5.08. The van der Waals surface area contributed by atoms with Gasteiger partial charge < -0.3 is 20.7 Å². The van der Waals surface area contributed by atoms with Crippen LogP contribution < -0.4 is 20.7 Å². The topological polar surface area (TPSA) is 201 Å². The summed E-state index contributed by atoms with van der Waals surface area (Å²) in [6, 6.07) is 8.93. The Morgan fingerprint density at radius 2 is 1.57 bits per heavy atom. The largest absolute Gasteiger partial charge is 0.494 e. The summed E-state index contributed by atoms with van der Waals surface area (Å²) in [7, 11) is -4.03. The molecule has 2 aromatic rings. The number of guanidine groups is 1. The molecule has 0 heterocycles. The van der Waals surface area contributed by atoms with Gasteiger partial charge in [-0.3, -0.25) is 15.0 Å². The zero-order valence-corrected chi connectivity index (χ0v) is 22.6. The van der Waals surface area contributed by atoms with E-state index in [2.05, 4.69) is 10.2 Å². The molecule has 0 aromatic heterocycles. The summed E-state index contributed by atoms with van der Waals surface area (Å²) < 4.78 is 65.5. The predicted molar refractivity (Wildman–Crippen MR) is 137 cm³/mol. The highest BCUT2D eigenvalue weighted by molar-refractivity contribution is 7.89. The number of hydrogen-bond acceptors (Lipinski definition) is 7. The first kappa shape index (κ1) is 34.1. The number of sulfonamides is 1. The Morgan fingerprint density at radius 3 is 2.02 bits per heavy atom. The lowest BCUT2D eigenvalue weighted by molar-refractivity contribution is -0.192. The Kier molecular flexibility index (Phi) is 12.8. The van der Waals surface area contributed by atoms with Crippen molar-refractivity contribution in [1.82, 2.24) is 10.2 Å². The van der Waals surface area contributed by atoms with Crippen molar-refractivity contribution < 1.29 is 51.0 Å². The maximum Gasteiger partial charge on any atom is 0.490 e. The van der Waals surface area contributed by atoms with E-state index in [9.17, 15) is 31.5 Å². The third-order valence-corrected chi connectivity index (χ3v) is 6.69. The van der Waals surface area contributed by atoms with Gasteiger partial charge in [-0.15, -0.1) is 0 Å². The van der Waals surface area contributed by atoms with E-state index >= 15 is 0 Å². The Hall–Kier alpha value is -3.89. The van der Waals surface area contributed by atoms with Crippen LogP contribution in [-0.2, 0) is 30.9 Å². The SMILES string of the molecule is Cc1cc(C)c(S(=O)(=O)N[C@@H](Cc2ccc(OCCCONC(=N)N)cc2)C(=O)O)c(C)c1.O=C(O)C(F)(F)F. The number of nitrogens with one attached hydrogen (secondary N) is 3. The van der Waals surface area contributed by atoms with E-state index in [0.717, 1.165) is 5.56 Å². The van der Waals surface area contributed by atoms with Gasteiger partial charge in [-0.1, -0.05) is 29.8 Å². The number of alkyl halides is 3. The molecule has 1 atom stereocenters. The van der Waals surface area contributed by atoms with Crippen molar-refractivity contribution in [2.75, 3.05) is 13.2 Å². The number of aryl methyl sites for hydroxylation is 3. The van der Waals surface area contributed by atoms with Crippen molar-refractivity contribution in [3.63, 3.8) is 0 Å². The molecule has 0 unspecified atom stereocenters. The molecule has 7 N–H and O–H groups in total. The molecule has 0 aliphatic heterocycles. The second kappa shape index (κ2) is 15.0. The van der Waals surface area contributed by atoms with Crippen molar-refractivity contribution in [2.45, 2.75) is 50.7 Å². The number of nitrogens with two attached hydrogens (primary N) is 1. The number of hydrogen-bond donors (Lipinski definition) is 6. The zero-order chi connectivity index (χ0) is 30.7. The van der Waals surface area contributed by atoms with Crippen LogP contribution in [0.25, 0.3) is 0 Å². The van der Waals surface area contributed by atoms with Crippen LogP contribution in [0.2, 0.25) is 0 Å². The van der Waals surface area contributed by atoms with Gasteiger partial charge in [0.2, 0.25) is 16.0 Å². The molecule has 0 aliphatic rings. The summed E-state index contributed by atoms with van der Waals surface area (Å²) in [5, 5.41) is 23.7. The van der Waals surface area contributed by atoms with E-state index in [-0.39, 0.29) is 17.3 Å². The van der Waals surface area contributed by atoms with Gasteiger partial charge in [-0.2, -0.15) is 17.9 Å². The zero-order valence-electron chi connectivity index (χ0n) is 21.8. The smallest absolute Gasteiger partial charge is 0.490 e. The highest BCUT2D eigenvalue weighted by atomic mass is 32.2. The van der Waals surface area contributed by atoms with Crippen LogP contribution in [-0.4, -0.2) is 62.0 Å². The van der Waals surface area contributed by atoms with Crippen LogP contribution in [0, 0.1) is 26.2 Å². The Bertz CT molecular complexity index is 1260. The van der Waals surface area contributed by atoms with Crippen molar-refractivity contribution in [3.05, 3.63) is 58.7 Å². The molecule has 222 valence electrons. The van der Waals surface area contributed by atoms with Gasteiger partial charge in [0.1, 0.15) is 11.8 Å². The third-order valence-electron chi connectivity index (χ3n) is 4.92. The normalized spacial score (nSPS) is 12.1. The number of ether oxygens (including phenoxy) is 1. The number of carbonyl (C=O) groups is 2. The summed E-state index contributed by atoms with van der Waals surface area (Å²) in [6.45, 7) is 5.92. The molecule has 40 heavy (non-hydrogen) atoms. The molecule has 0 saturated heterocycles. The van der Waals surface area contributed by atoms with Crippen LogP contribution in [0.5, 0.6) is 5.75 Å². The fourth-order valence-corrected chi connectivity index (χ4v) is 5.07. The van der Waals surface area contributed by atoms with Gasteiger partial charge in [0.05, 0.1) is 18.1 Å². The monoisotopic (exact) mass is 592 g/mol. The average Bonchev–Trinajstić information content (AvgIpc) is 2.80. The Labute approximate surface area is 228 Å². The summed E-state index contributed by atoms with van der Waals surface area (Å²) >= 11 is 0. The molecule has 0 aliphatic carbocycles. The molecule has 0 amide bonds. The second-order valence-corrected chi connectivity index (χ2v) is 10.1. The molecular weight excluding hydrogens is 561 g/mol. The van der Waals surface area contributed by atoms with Crippen LogP contribution in [0.4, 0.5) is 13.2 Å². The molecule has 2 rings (SSSR count). The summed E-state index contributed by atoms with van der Waals surface area (Å²) in [4.78, 5) is 25.7. The quantitative estimate of drug-likeness (QED) is 0.0920. The number of aliphatic carboxylic acids is 2. The van der Waals surface area contributed by atoms with E-state index in [1.807, 2.05) is 6.92 Å². The molecule has 0 spiro atoms. The van der Waals surface area contributed by atoms with Crippen molar-refractivity contribution in [1.29, 1.82) is 5.41 Å². The van der Waals surface area contributed by atoms with Gasteiger partial charge in [-0.25, -0.2) is 18.7 Å². The maximum atomic E-state index is 12.9. The predicted octanol–water partition coefficient (Wildman–Crippen LogP) is 2.40. The van der Waals surface area contributed by atoms with E-state index in [4.69, 9.17) is 30.6 Å². The van der Waals surface area contributed by atoms with Crippen molar-refractivity contribution >= 4 is 27.9 Å². The Morgan fingerprint density at radius 1 is 1.05 bits per heavy atom.